The zero-order chi connectivity index (χ0) is 22.0. The van der Waals surface area contributed by atoms with Gasteiger partial charge in [-0.1, -0.05) is 23.2 Å². The molecule has 3 rings (SSSR count). The Morgan fingerprint density at radius 3 is 2.70 bits per heavy atom. The van der Waals surface area contributed by atoms with E-state index in [0.29, 0.717) is 5.69 Å². The fourth-order valence-electron chi connectivity index (χ4n) is 2.62. The average molecular weight is 452 g/mol. The predicted molar refractivity (Wildman–Crippen MR) is 112 cm³/mol. The molecule has 3 aromatic rings. The molecular weight excluding hydrogens is 436 g/mol. The van der Waals surface area contributed by atoms with Crippen LogP contribution < -0.4 is 21.3 Å². The number of carbonyl (C=O) groups is 1. The van der Waals surface area contributed by atoms with Crippen LogP contribution in [0.15, 0.2) is 41.3 Å². The summed E-state index contributed by atoms with van der Waals surface area (Å²) in [6, 6.07) is 6.56. The van der Waals surface area contributed by atoms with E-state index in [1.807, 2.05) is 0 Å². The number of nitrogens with one attached hydrogen (secondary N) is 1. The summed E-state index contributed by atoms with van der Waals surface area (Å²) in [5, 5.41) is 10.1. The number of nitrogen functional groups attached to an aromatic ring is 1. The number of benzene rings is 1. The lowest BCUT2D eigenvalue weighted by atomic mass is 10.1. The van der Waals surface area contributed by atoms with Crippen molar-refractivity contribution in [3.63, 3.8) is 0 Å². The first-order valence-electron chi connectivity index (χ1n) is 8.58. The Labute approximate surface area is 180 Å². The lowest BCUT2D eigenvalue weighted by molar-refractivity contribution is 0.102. The van der Waals surface area contributed by atoms with Gasteiger partial charge >= 0.3 is 0 Å². The summed E-state index contributed by atoms with van der Waals surface area (Å²) in [5.74, 6) is -1.28. The zero-order valence-corrected chi connectivity index (χ0v) is 17.3. The molecule has 1 aromatic carbocycles. The number of halogens is 3. The third kappa shape index (κ3) is 4.52. The van der Waals surface area contributed by atoms with E-state index in [1.54, 1.807) is 14.0 Å². The number of carbonyl (C=O) groups excluding carboxylic acids is 1. The molecule has 2 aromatic heterocycles. The summed E-state index contributed by atoms with van der Waals surface area (Å²) in [6.45, 7) is 1.59. The van der Waals surface area contributed by atoms with Crippen molar-refractivity contribution in [1.29, 1.82) is 0 Å². The van der Waals surface area contributed by atoms with E-state index >= 15 is 0 Å². The van der Waals surface area contributed by atoms with Gasteiger partial charge in [0.2, 0.25) is 5.56 Å². The molecule has 0 bridgehead atoms. The largest absolute Gasteiger partial charge is 0.482 e. The number of pyridine rings is 1. The first kappa shape index (κ1) is 21.5. The highest BCUT2D eigenvalue weighted by molar-refractivity contribution is 6.36. The molecule has 3 N–H and O–H groups in total. The number of nitrogens with zero attached hydrogens (tertiary/aromatic N) is 3. The maximum Gasteiger partial charge on any atom is 0.276 e. The van der Waals surface area contributed by atoms with E-state index in [1.165, 1.54) is 35.0 Å². The molecule has 0 aliphatic rings. The Morgan fingerprint density at radius 1 is 1.27 bits per heavy atom. The SMILES string of the molecule is C[C@H](Oc1cc(C(=O)Nc2ccc(=O)n(C)c2)nnc1N)c1c(Cl)ccc(F)c1Cl. The van der Waals surface area contributed by atoms with Gasteiger partial charge in [-0.3, -0.25) is 9.59 Å². The van der Waals surface area contributed by atoms with Crippen LogP contribution in [-0.4, -0.2) is 20.7 Å². The summed E-state index contributed by atoms with van der Waals surface area (Å²) >= 11 is 12.1. The second kappa shape index (κ2) is 8.68. The molecule has 1 atom stereocenters. The van der Waals surface area contributed by atoms with Crippen molar-refractivity contribution in [2.75, 3.05) is 11.1 Å². The van der Waals surface area contributed by atoms with Gasteiger partial charge in [-0.05, 0) is 25.1 Å². The molecule has 0 spiro atoms. The zero-order valence-electron chi connectivity index (χ0n) is 15.8. The van der Waals surface area contributed by atoms with Crippen molar-refractivity contribution in [2.45, 2.75) is 13.0 Å². The Bertz CT molecular complexity index is 1190. The maximum absolute atomic E-state index is 13.8. The number of hydrogen-bond acceptors (Lipinski definition) is 6. The Morgan fingerprint density at radius 2 is 2.00 bits per heavy atom. The summed E-state index contributed by atoms with van der Waals surface area (Å²) in [4.78, 5) is 23.9. The van der Waals surface area contributed by atoms with Crippen LogP contribution in [-0.2, 0) is 7.05 Å². The van der Waals surface area contributed by atoms with E-state index in [0.717, 1.165) is 6.07 Å². The summed E-state index contributed by atoms with van der Waals surface area (Å²) in [7, 11) is 1.55. The second-order valence-corrected chi connectivity index (χ2v) is 7.10. The van der Waals surface area contributed by atoms with Gasteiger partial charge in [-0.25, -0.2) is 4.39 Å². The highest BCUT2D eigenvalue weighted by atomic mass is 35.5. The molecule has 11 heteroatoms. The minimum atomic E-state index is -0.799. The van der Waals surface area contributed by atoms with E-state index in [2.05, 4.69) is 15.5 Å². The van der Waals surface area contributed by atoms with Crippen molar-refractivity contribution in [1.82, 2.24) is 14.8 Å². The number of amides is 1. The number of anilines is 2. The van der Waals surface area contributed by atoms with Crippen molar-refractivity contribution in [3.05, 3.63) is 74.0 Å². The molecule has 156 valence electrons. The van der Waals surface area contributed by atoms with Crippen molar-refractivity contribution < 1.29 is 13.9 Å². The standard InChI is InChI=1S/C19H16Cl2FN5O3/c1-9(16-11(20)4-5-12(22)17(16)21)30-14-7-13(25-26-18(14)23)19(29)24-10-3-6-15(28)27(2)8-10/h3-9H,1-2H3,(H2,23,26)(H,24,29)/t9-/m0/s1. The van der Waals surface area contributed by atoms with Crippen molar-refractivity contribution >= 4 is 40.6 Å². The molecule has 0 saturated carbocycles. The van der Waals surface area contributed by atoms with Gasteiger partial charge in [-0.15, -0.1) is 10.2 Å². The monoisotopic (exact) mass is 451 g/mol. The highest BCUT2D eigenvalue weighted by Gasteiger charge is 2.21. The predicted octanol–water partition coefficient (Wildman–Crippen LogP) is 3.60. The summed E-state index contributed by atoms with van der Waals surface area (Å²) in [6.07, 6.45) is 0.657. The minimum Gasteiger partial charge on any atom is -0.482 e. The van der Waals surface area contributed by atoms with E-state index in [4.69, 9.17) is 33.7 Å². The van der Waals surface area contributed by atoms with Crippen LogP contribution in [0.5, 0.6) is 5.75 Å². The molecule has 0 fully saturated rings. The van der Waals surface area contributed by atoms with E-state index in [-0.39, 0.29) is 38.4 Å². The maximum atomic E-state index is 13.8. The number of rotatable bonds is 5. The Balaban J connectivity index is 1.84. The molecule has 0 aliphatic carbocycles. The third-order valence-corrected chi connectivity index (χ3v) is 4.87. The normalized spacial score (nSPS) is 11.8. The van der Waals surface area contributed by atoms with Crippen LogP contribution in [0.3, 0.4) is 0 Å². The summed E-state index contributed by atoms with van der Waals surface area (Å²) < 4.78 is 20.8. The van der Waals surface area contributed by atoms with E-state index in [9.17, 15) is 14.0 Å². The smallest absolute Gasteiger partial charge is 0.276 e. The molecule has 0 aliphatic heterocycles. The molecule has 1 amide bonds. The number of aromatic nitrogens is 3. The fourth-order valence-corrected chi connectivity index (χ4v) is 3.30. The van der Waals surface area contributed by atoms with E-state index < -0.39 is 17.8 Å². The van der Waals surface area contributed by atoms with Gasteiger partial charge < -0.3 is 20.4 Å². The summed E-state index contributed by atoms with van der Waals surface area (Å²) in [5.41, 5.74) is 6.11. The van der Waals surface area contributed by atoms with Crippen LogP contribution in [0.25, 0.3) is 0 Å². The quantitative estimate of drug-likeness (QED) is 0.573. The van der Waals surface area contributed by atoms with Gasteiger partial charge in [0.15, 0.2) is 17.3 Å². The van der Waals surface area contributed by atoms with Gasteiger partial charge in [0.05, 0.1) is 10.7 Å². The Hall–Kier alpha value is -3.17. The van der Waals surface area contributed by atoms with Gasteiger partial charge in [0.25, 0.3) is 5.91 Å². The van der Waals surface area contributed by atoms with Crippen molar-refractivity contribution in [2.24, 2.45) is 7.05 Å². The highest BCUT2D eigenvalue weighted by Crippen LogP contribution is 2.35. The number of aryl methyl sites for hydroxylation is 1. The first-order chi connectivity index (χ1) is 14.2. The molecule has 0 unspecified atom stereocenters. The number of nitrogens with two attached hydrogens (primary N) is 1. The average Bonchev–Trinajstić information content (AvgIpc) is 2.69. The molecule has 8 nitrogen and oxygen atoms in total. The third-order valence-electron chi connectivity index (χ3n) is 4.15. The topological polar surface area (TPSA) is 112 Å². The number of ether oxygens (including phenoxy) is 1. The van der Waals surface area contributed by atoms with Crippen molar-refractivity contribution in [3.8, 4) is 5.75 Å². The number of hydrogen-bond donors (Lipinski definition) is 2. The van der Waals surface area contributed by atoms with Crippen LogP contribution in [0, 0.1) is 5.82 Å². The molecule has 0 saturated heterocycles. The van der Waals surface area contributed by atoms with Gasteiger partial charge in [0.1, 0.15) is 11.9 Å². The van der Waals surface area contributed by atoms with Crippen LogP contribution in [0.1, 0.15) is 29.1 Å². The first-order valence-corrected chi connectivity index (χ1v) is 9.34. The van der Waals surface area contributed by atoms with Gasteiger partial charge in [-0.2, -0.15) is 0 Å². The molecule has 30 heavy (non-hydrogen) atoms. The minimum absolute atomic E-state index is 0.0412. The second-order valence-electron chi connectivity index (χ2n) is 6.32. The fraction of sp³-hybridized carbons (Fsp3) is 0.158. The lowest BCUT2D eigenvalue weighted by Gasteiger charge is -2.19. The van der Waals surface area contributed by atoms with Crippen LogP contribution >= 0.6 is 23.2 Å². The molecule has 0 radical (unpaired) electrons. The molecule has 2 heterocycles. The Kier molecular flexibility index (Phi) is 6.23. The lowest BCUT2D eigenvalue weighted by Crippen LogP contribution is -2.19. The van der Waals surface area contributed by atoms with Crippen LogP contribution in [0.2, 0.25) is 10.0 Å². The molecular formula is C19H16Cl2FN5O3. The van der Waals surface area contributed by atoms with Gasteiger partial charge in [0, 0.05) is 36.0 Å². The van der Waals surface area contributed by atoms with Crippen LogP contribution in [0.4, 0.5) is 15.9 Å².